The number of nitrogens with one attached hydrogen (secondary N) is 2. The molecule has 1 aromatic carbocycles. The second kappa shape index (κ2) is 4.44. The van der Waals surface area contributed by atoms with E-state index in [2.05, 4.69) is 40.8 Å². The van der Waals surface area contributed by atoms with Crippen LogP contribution in [0.5, 0.6) is 0 Å². The van der Waals surface area contributed by atoms with Gasteiger partial charge in [0.25, 0.3) is 0 Å². The number of hydrogen-bond donors (Lipinski definition) is 2. The first kappa shape index (κ1) is 8.79. The summed E-state index contributed by atoms with van der Waals surface area (Å²) in [5.41, 5.74) is 1.34. The van der Waals surface area contributed by atoms with Crippen molar-refractivity contribution in [3.8, 4) is 0 Å². The quantitative estimate of drug-likeness (QED) is 0.600. The minimum absolute atomic E-state index is 0.351. The van der Waals surface area contributed by atoms with E-state index in [-0.39, 0.29) is 0 Å². The summed E-state index contributed by atoms with van der Waals surface area (Å²) in [5, 5.41) is 6.97. The molecule has 2 rings (SSSR count). The lowest BCUT2D eigenvalue weighted by molar-refractivity contribution is 0.742. The Morgan fingerprint density at radius 2 is 1.54 bits per heavy atom. The van der Waals surface area contributed by atoms with Gasteiger partial charge < -0.3 is 10.5 Å². The summed E-state index contributed by atoms with van der Waals surface area (Å²) in [4.78, 5) is 0. The van der Waals surface area contributed by atoms with Crippen LogP contribution in [-0.2, 0) is 0 Å². The van der Waals surface area contributed by atoms with Crippen molar-refractivity contribution in [3.63, 3.8) is 0 Å². The molecule has 0 bridgehead atoms. The Hall–Kier alpha value is -0.795. The average molecular weight is 174 g/mol. The average Bonchev–Trinajstić information content (AvgIpc) is 2.47. The zero-order valence-corrected chi connectivity index (χ0v) is 7.79. The summed E-state index contributed by atoms with van der Waals surface area (Å²) in [7, 11) is 0. The highest BCUT2D eigenvalue weighted by atomic mass is 15.0. The highest BCUT2D eigenvalue weighted by Gasteiger charge is 2.17. The summed E-state index contributed by atoms with van der Waals surface area (Å²) in [5.74, 6) is 0. The van der Waals surface area contributed by atoms with Crippen LogP contribution in [0.25, 0.3) is 0 Å². The molecule has 0 amide bonds. The summed E-state index contributed by atoms with van der Waals surface area (Å²) >= 11 is 0. The van der Waals surface area contributed by atoms with Gasteiger partial charge in [0.15, 0.2) is 0 Å². The molecule has 0 unspecified atom stereocenters. The molecule has 1 aliphatic rings. The maximum Gasteiger partial charge on any atom is 0.340 e. The third kappa shape index (κ3) is 2.33. The first-order valence-corrected chi connectivity index (χ1v) is 4.98. The molecule has 68 valence electrons. The summed E-state index contributed by atoms with van der Waals surface area (Å²) < 4.78 is 0. The smallest absolute Gasteiger partial charge is 0.338 e. The zero-order valence-electron chi connectivity index (χ0n) is 7.79. The SMILES string of the molecule is c1ccc(B2NCCCCN2)cc1. The highest BCUT2D eigenvalue weighted by molar-refractivity contribution is 6.68. The Morgan fingerprint density at radius 3 is 2.15 bits per heavy atom. The van der Waals surface area contributed by atoms with Gasteiger partial charge in [-0.05, 0) is 31.4 Å². The normalized spacial score (nSPS) is 18.3. The number of benzene rings is 1. The zero-order chi connectivity index (χ0) is 8.93. The molecule has 13 heavy (non-hydrogen) atoms. The Morgan fingerprint density at radius 1 is 0.923 bits per heavy atom. The van der Waals surface area contributed by atoms with Crippen LogP contribution in [0.2, 0.25) is 0 Å². The maximum atomic E-state index is 3.49. The van der Waals surface area contributed by atoms with E-state index >= 15 is 0 Å². The molecule has 0 aliphatic carbocycles. The molecular formula is C10H15BN2. The molecule has 1 aromatic rings. The van der Waals surface area contributed by atoms with Gasteiger partial charge >= 0.3 is 6.98 Å². The van der Waals surface area contributed by atoms with Crippen molar-refractivity contribution >= 4 is 12.4 Å². The monoisotopic (exact) mass is 174 g/mol. The van der Waals surface area contributed by atoms with Crippen LogP contribution in [0.4, 0.5) is 0 Å². The molecule has 1 heterocycles. The Balaban J connectivity index is 2.06. The fraction of sp³-hybridized carbons (Fsp3) is 0.400. The van der Waals surface area contributed by atoms with Crippen molar-refractivity contribution in [2.24, 2.45) is 0 Å². The lowest BCUT2D eigenvalue weighted by atomic mass is 9.68. The van der Waals surface area contributed by atoms with Crippen LogP contribution < -0.4 is 15.9 Å². The van der Waals surface area contributed by atoms with E-state index in [1.165, 1.54) is 18.3 Å². The summed E-state index contributed by atoms with van der Waals surface area (Å²) in [6.07, 6.45) is 2.55. The van der Waals surface area contributed by atoms with Gasteiger partial charge in [0.2, 0.25) is 0 Å². The molecule has 0 aromatic heterocycles. The Kier molecular flexibility index (Phi) is 3.00. The minimum Gasteiger partial charge on any atom is -0.338 e. The number of rotatable bonds is 1. The van der Waals surface area contributed by atoms with E-state index in [9.17, 15) is 0 Å². The fourth-order valence-corrected chi connectivity index (χ4v) is 1.70. The van der Waals surface area contributed by atoms with Crippen molar-refractivity contribution in [1.82, 2.24) is 10.5 Å². The molecule has 3 heteroatoms. The molecule has 2 nitrogen and oxygen atoms in total. The molecule has 2 N–H and O–H groups in total. The Bertz CT molecular complexity index is 242. The van der Waals surface area contributed by atoms with Gasteiger partial charge in [-0.25, -0.2) is 0 Å². The largest absolute Gasteiger partial charge is 0.340 e. The second-order valence-electron chi connectivity index (χ2n) is 3.46. The van der Waals surface area contributed by atoms with E-state index in [1.807, 2.05) is 0 Å². The maximum absolute atomic E-state index is 3.49. The van der Waals surface area contributed by atoms with E-state index in [1.54, 1.807) is 0 Å². The molecule has 0 spiro atoms. The van der Waals surface area contributed by atoms with Crippen LogP contribution in [0.1, 0.15) is 12.8 Å². The lowest BCUT2D eigenvalue weighted by Gasteiger charge is -2.12. The Labute approximate surface area is 79.9 Å². The van der Waals surface area contributed by atoms with Crippen LogP contribution in [0.15, 0.2) is 30.3 Å². The van der Waals surface area contributed by atoms with Gasteiger partial charge in [0.05, 0.1) is 0 Å². The molecule has 0 saturated carbocycles. The third-order valence-corrected chi connectivity index (χ3v) is 2.43. The van der Waals surface area contributed by atoms with Gasteiger partial charge in [0.1, 0.15) is 0 Å². The third-order valence-electron chi connectivity index (χ3n) is 2.43. The molecule has 1 fully saturated rings. The highest BCUT2D eigenvalue weighted by Crippen LogP contribution is 1.92. The van der Waals surface area contributed by atoms with Crippen molar-refractivity contribution in [1.29, 1.82) is 0 Å². The van der Waals surface area contributed by atoms with Crippen molar-refractivity contribution in [3.05, 3.63) is 30.3 Å². The van der Waals surface area contributed by atoms with Crippen molar-refractivity contribution in [2.75, 3.05) is 13.1 Å². The fourth-order valence-electron chi connectivity index (χ4n) is 1.70. The van der Waals surface area contributed by atoms with Gasteiger partial charge in [-0.15, -0.1) is 0 Å². The van der Waals surface area contributed by atoms with E-state index < -0.39 is 0 Å². The topological polar surface area (TPSA) is 24.1 Å². The molecule has 1 aliphatic heterocycles. The first-order valence-electron chi connectivity index (χ1n) is 4.98. The van der Waals surface area contributed by atoms with Gasteiger partial charge in [-0.1, -0.05) is 30.3 Å². The first-order chi connectivity index (χ1) is 6.47. The summed E-state index contributed by atoms with van der Waals surface area (Å²) in [6, 6.07) is 10.6. The van der Waals surface area contributed by atoms with Crippen molar-refractivity contribution in [2.45, 2.75) is 12.8 Å². The van der Waals surface area contributed by atoms with Crippen molar-refractivity contribution < 1.29 is 0 Å². The number of hydrogen-bond acceptors (Lipinski definition) is 2. The van der Waals surface area contributed by atoms with Gasteiger partial charge in [0, 0.05) is 0 Å². The van der Waals surface area contributed by atoms with Crippen LogP contribution in [0.3, 0.4) is 0 Å². The van der Waals surface area contributed by atoms with E-state index in [0.717, 1.165) is 13.1 Å². The van der Waals surface area contributed by atoms with Crippen LogP contribution >= 0.6 is 0 Å². The predicted octanol–water partition coefficient (Wildman–Crippen LogP) is 0.355. The lowest BCUT2D eigenvalue weighted by Crippen LogP contribution is -2.55. The van der Waals surface area contributed by atoms with E-state index in [0.29, 0.717) is 6.98 Å². The predicted molar refractivity (Wildman–Crippen MR) is 57.1 cm³/mol. The molecule has 1 saturated heterocycles. The van der Waals surface area contributed by atoms with Gasteiger partial charge in [-0.2, -0.15) is 0 Å². The molecule has 0 atom stereocenters. The standard InChI is InChI=1S/C10H15BN2/c1-2-6-10(7-3-1)11-12-8-4-5-9-13-11/h1-3,6-7,12-13H,4-5,8-9H2. The molecule has 0 radical (unpaired) electrons. The molecular weight excluding hydrogens is 159 g/mol. The van der Waals surface area contributed by atoms with Crippen LogP contribution in [0, 0.1) is 0 Å². The van der Waals surface area contributed by atoms with E-state index in [4.69, 9.17) is 0 Å². The summed E-state index contributed by atoms with van der Waals surface area (Å²) in [6.45, 7) is 2.59. The van der Waals surface area contributed by atoms with Gasteiger partial charge in [-0.3, -0.25) is 0 Å². The minimum atomic E-state index is 0.351. The second-order valence-corrected chi connectivity index (χ2v) is 3.46. The van der Waals surface area contributed by atoms with Crippen LogP contribution in [-0.4, -0.2) is 20.1 Å².